The van der Waals surface area contributed by atoms with E-state index in [1.54, 1.807) is 4.68 Å². The van der Waals surface area contributed by atoms with Crippen LogP contribution in [0.15, 0.2) is 12.1 Å². The third kappa shape index (κ3) is 2.70. The van der Waals surface area contributed by atoms with Gasteiger partial charge in [-0.05, 0) is 25.0 Å². The van der Waals surface area contributed by atoms with Crippen molar-refractivity contribution in [3.8, 4) is 0 Å². The number of aromatic nitrogens is 2. The summed E-state index contributed by atoms with van der Waals surface area (Å²) in [7, 11) is 1.86. The standard InChI is InChI=1S/C10H14N4OS.C2H6/c1-6-4-5-7(2)9-8(6)10(12-14(9)3)13-16(11)15;1-2/h4-5H,11H2,1-3H3,(H,12,13);1-2H3. The van der Waals surface area contributed by atoms with E-state index >= 15 is 0 Å². The summed E-state index contributed by atoms with van der Waals surface area (Å²) in [6, 6.07) is 4.06. The minimum atomic E-state index is -1.60. The molecule has 1 atom stereocenters. The zero-order chi connectivity index (χ0) is 13.9. The first kappa shape index (κ1) is 14.7. The van der Waals surface area contributed by atoms with Gasteiger partial charge in [0.1, 0.15) is 0 Å². The molecule has 18 heavy (non-hydrogen) atoms. The maximum Gasteiger partial charge on any atom is 0.192 e. The van der Waals surface area contributed by atoms with E-state index in [0.717, 1.165) is 22.0 Å². The molecule has 0 aliphatic carbocycles. The molecule has 5 nitrogen and oxygen atoms in total. The minimum Gasteiger partial charge on any atom is -0.275 e. The second kappa shape index (κ2) is 5.97. The van der Waals surface area contributed by atoms with Gasteiger partial charge in [-0.3, -0.25) is 9.40 Å². The number of nitrogens with one attached hydrogen (secondary N) is 1. The van der Waals surface area contributed by atoms with E-state index in [-0.39, 0.29) is 0 Å². The zero-order valence-corrected chi connectivity index (χ0v) is 12.3. The molecule has 1 unspecified atom stereocenters. The van der Waals surface area contributed by atoms with E-state index in [0.29, 0.717) is 5.82 Å². The quantitative estimate of drug-likeness (QED) is 0.876. The molecular weight excluding hydrogens is 248 g/mol. The summed E-state index contributed by atoms with van der Waals surface area (Å²) in [5.41, 5.74) is 3.25. The van der Waals surface area contributed by atoms with Gasteiger partial charge in [0.2, 0.25) is 0 Å². The normalized spacial score (nSPS) is 11.9. The van der Waals surface area contributed by atoms with Crippen LogP contribution in [0.25, 0.3) is 10.9 Å². The molecule has 2 aromatic rings. The number of hydrogen-bond donors (Lipinski definition) is 2. The highest BCUT2D eigenvalue weighted by Crippen LogP contribution is 2.28. The Hall–Kier alpha value is -1.40. The molecule has 100 valence electrons. The molecule has 1 aromatic carbocycles. The molecule has 0 fully saturated rings. The topological polar surface area (TPSA) is 72.9 Å². The Balaban J connectivity index is 0.000000771. The van der Waals surface area contributed by atoms with Gasteiger partial charge in [-0.15, -0.1) is 0 Å². The van der Waals surface area contributed by atoms with Crippen molar-refractivity contribution in [3.05, 3.63) is 23.3 Å². The summed E-state index contributed by atoms with van der Waals surface area (Å²) in [5.74, 6) is 0.569. The third-order valence-corrected chi connectivity index (χ3v) is 2.99. The molecule has 0 radical (unpaired) electrons. The monoisotopic (exact) mass is 268 g/mol. The Bertz CT molecular complexity index is 577. The van der Waals surface area contributed by atoms with E-state index in [1.807, 2.05) is 46.9 Å². The molecule has 0 saturated heterocycles. The predicted molar refractivity (Wildman–Crippen MR) is 77.5 cm³/mol. The average molecular weight is 268 g/mol. The zero-order valence-electron chi connectivity index (χ0n) is 11.4. The van der Waals surface area contributed by atoms with Crippen molar-refractivity contribution >= 4 is 27.9 Å². The van der Waals surface area contributed by atoms with E-state index in [4.69, 9.17) is 5.14 Å². The summed E-state index contributed by atoms with van der Waals surface area (Å²) in [6.45, 7) is 8.01. The van der Waals surface area contributed by atoms with Gasteiger partial charge in [0.05, 0.1) is 5.52 Å². The molecule has 6 heteroatoms. The van der Waals surface area contributed by atoms with Crippen molar-refractivity contribution in [2.75, 3.05) is 4.72 Å². The van der Waals surface area contributed by atoms with Gasteiger partial charge < -0.3 is 0 Å². The van der Waals surface area contributed by atoms with Crippen molar-refractivity contribution in [3.63, 3.8) is 0 Å². The van der Waals surface area contributed by atoms with Crippen LogP contribution in [0.4, 0.5) is 5.82 Å². The fourth-order valence-electron chi connectivity index (χ4n) is 1.93. The highest BCUT2D eigenvalue weighted by molar-refractivity contribution is 7.84. The van der Waals surface area contributed by atoms with Crippen LogP contribution >= 0.6 is 0 Å². The fourth-order valence-corrected chi connectivity index (χ4v) is 2.26. The van der Waals surface area contributed by atoms with Gasteiger partial charge >= 0.3 is 0 Å². The van der Waals surface area contributed by atoms with Crippen LogP contribution in [-0.2, 0) is 18.2 Å². The minimum absolute atomic E-state index is 0.569. The van der Waals surface area contributed by atoms with Crippen molar-refractivity contribution in [2.24, 2.45) is 12.2 Å². The Labute approximate surface area is 110 Å². The number of hydrogen-bond acceptors (Lipinski definition) is 2. The molecule has 1 aromatic heterocycles. The second-order valence-corrected chi connectivity index (χ2v) is 4.59. The molecular formula is C12H20N4OS. The lowest BCUT2D eigenvalue weighted by atomic mass is 10.1. The van der Waals surface area contributed by atoms with Gasteiger partial charge in [0, 0.05) is 12.4 Å². The number of nitrogens with zero attached hydrogens (tertiary/aromatic N) is 2. The molecule has 1 heterocycles. The number of benzene rings is 1. The van der Waals surface area contributed by atoms with Crippen LogP contribution in [0.2, 0.25) is 0 Å². The number of rotatable bonds is 2. The third-order valence-electron chi connectivity index (χ3n) is 2.60. The van der Waals surface area contributed by atoms with E-state index in [1.165, 1.54) is 0 Å². The molecule has 0 bridgehead atoms. The largest absolute Gasteiger partial charge is 0.275 e. The molecule has 0 aliphatic heterocycles. The summed E-state index contributed by atoms with van der Waals surface area (Å²) in [6.07, 6.45) is 0. The second-order valence-electron chi connectivity index (χ2n) is 3.79. The van der Waals surface area contributed by atoms with E-state index in [9.17, 15) is 4.21 Å². The molecule has 0 amide bonds. The van der Waals surface area contributed by atoms with Crippen molar-refractivity contribution < 1.29 is 4.21 Å². The smallest absolute Gasteiger partial charge is 0.192 e. The van der Waals surface area contributed by atoms with Gasteiger partial charge in [0.15, 0.2) is 17.0 Å². The van der Waals surface area contributed by atoms with Gasteiger partial charge in [-0.1, -0.05) is 26.0 Å². The Morgan fingerprint density at radius 1 is 1.28 bits per heavy atom. The average Bonchev–Trinajstić information content (AvgIpc) is 2.64. The van der Waals surface area contributed by atoms with Crippen molar-refractivity contribution in [1.82, 2.24) is 9.78 Å². The first-order valence-corrected chi connectivity index (χ1v) is 7.07. The lowest BCUT2D eigenvalue weighted by molar-refractivity contribution is 0.687. The number of fused-ring (bicyclic) bond motifs is 1. The van der Waals surface area contributed by atoms with Crippen LogP contribution < -0.4 is 9.86 Å². The van der Waals surface area contributed by atoms with Gasteiger partial charge in [0.25, 0.3) is 0 Å². The lowest BCUT2D eigenvalue weighted by Crippen LogP contribution is -2.13. The molecule has 0 aliphatic rings. The van der Waals surface area contributed by atoms with E-state index in [2.05, 4.69) is 9.82 Å². The first-order chi connectivity index (χ1) is 8.50. The fraction of sp³-hybridized carbons (Fsp3) is 0.417. The van der Waals surface area contributed by atoms with E-state index < -0.39 is 11.2 Å². The lowest BCUT2D eigenvalue weighted by Gasteiger charge is -2.02. The van der Waals surface area contributed by atoms with Crippen LogP contribution in [0.5, 0.6) is 0 Å². The van der Waals surface area contributed by atoms with Crippen LogP contribution in [-0.4, -0.2) is 14.0 Å². The summed E-state index contributed by atoms with van der Waals surface area (Å²) in [5, 5.41) is 10.5. The Morgan fingerprint density at radius 3 is 2.39 bits per heavy atom. The maximum atomic E-state index is 11.0. The number of aryl methyl sites for hydroxylation is 3. The number of nitrogens with two attached hydrogens (primary N) is 1. The summed E-state index contributed by atoms with van der Waals surface area (Å²) in [4.78, 5) is 0. The molecule has 3 N–H and O–H groups in total. The van der Waals surface area contributed by atoms with Crippen molar-refractivity contribution in [2.45, 2.75) is 27.7 Å². The highest BCUT2D eigenvalue weighted by atomic mass is 32.2. The molecule has 2 rings (SSSR count). The SMILES string of the molecule is CC.Cc1ccc(C)c2c1c(NS(N)=O)nn2C. The van der Waals surface area contributed by atoms with Crippen molar-refractivity contribution in [1.29, 1.82) is 0 Å². The Morgan fingerprint density at radius 2 is 1.83 bits per heavy atom. The predicted octanol–water partition coefficient (Wildman–Crippen LogP) is 2.17. The first-order valence-electron chi connectivity index (χ1n) is 5.86. The van der Waals surface area contributed by atoms with Gasteiger partial charge in [-0.2, -0.15) is 5.10 Å². The van der Waals surface area contributed by atoms with Crippen LogP contribution in [0, 0.1) is 13.8 Å². The van der Waals surface area contributed by atoms with Crippen LogP contribution in [0.3, 0.4) is 0 Å². The highest BCUT2D eigenvalue weighted by Gasteiger charge is 2.13. The van der Waals surface area contributed by atoms with Crippen LogP contribution in [0.1, 0.15) is 25.0 Å². The molecule has 0 spiro atoms. The number of anilines is 1. The maximum absolute atomic E-state index is 11.0. The summed E-state index contributed by atoms with van der Waals surface area (Å²) >= 11 is -1.60. The summed E-state index contributed by atoms with van der Waals surface area (Å²) < 4.78 is 15.4. The van der Waals surface area contributed by atoms with Gasteiger partial charge in [-0.25, -0.2) is 9.35 Å². The Kier molecular flexibility index (Phi) is 4.86. The molecule has 0 saturated carbocycles.